The Bertz CT molecular complexity index is 563. The summed E-state index contributed by atoms with van der Waals surface area (Å²) < 4.78 is 1.88. The summed E-state index contributed by atoms with van der Waals surface area (Å²) in [6, 6.07) is 8.16. The molecule has 1 aromatic carbocycles. The molecule has 17 heavy (non-hydrogen) atoms. The number of hydrogen-bond acceptors (Lipinski definition) is 3. The van der Waals surface area contributed by atoms with Gasteiger partial charge in [-0.3, -0.25) is 0 Å². The summed E-state index contributed by atoms with van der Waals surface area (Å²) >= 11 is 0. The lowest BCUT2D eigenvalue weighted by atomic mass is 10.1. The van der Waals surface area contributed by atoms with Gasteiger partial charge < -0.3 is 4.57 Å². The molecule has 0 bridgehead atoms. The van der Waals surface area contributed by atoms with Crippen LogP contribution in [0.1, 0.15) is 12.5 Å². The summed E-state index contributed by atoms with van der Waals surface area (Å²) in [7, 11) is 0. The minimum Gasteiger partial charge on any atom is -0.308 e. The van der Waals surface area contributed by atoms with E-state index in [9.17, 15) is 4.79 Å². The summed E-state index contributed by atoms with van der Waals surface area (Å²) in [5, 5.41) is 0. The van der Waals surface area contributed by atoms with Crippen molar-refractivity contribution in [3.8, 4) is 11.3 Å². The van der Waals surface area contributed by atoms with Crippen molar-refractivity contribution in [1.82, 2.24) is 9.55 Å². The van der Waals surface area contributed by atoms with Gasteiger partial charge in [-0.15, -0.1) is 4.99 Å². The van der Waals surface area contributed by atoms with E-state index in [2.05, 4.69) is 9.98 Å². The molecule has 4 nitrogen and oxygen atoms in total. The van der Waals surface area contributed by atoms with E-state index in [0.717, 1.165) is 11.3 Å². The Balaban J connectivity index is 2.52. The van der Waals surface area contributed by atoms with Crippen LogP contribution in [0.5, 0.6) is 0 Å². The molecule has 0 N–H and O–H groups in total. The highest BCUT2D eigenvalue weighted by molar-refractivity contribution is 5.62. The predicted octanol–water partition coefficient (Wildman–Crippen LogP) is 2.85. The molecule has 0 saturated heterocycles. The molecule has 0 spiro atoms. The molecule has 0 unspecified atom stereocenters. The second kappa shape index (κ2) is 4.76. The highest BCUT2D eigenvalue weighted by Gasteiger charge is 2.09. The Morgan fingerprint density at radius 2 is 2.06 bits per heavy atom. The smallest absolute Gasteiger partial charge is 0.243 e. The zero-order valence-electron chi connectivity index (χ0n) is 9.84. The third-order valence-electron chi connectivity index (χ3n) is 2.64. The summed E-state index contributed by atoms with van der Waals surface area (Å²) in [5.41, 5.74) is 3.24. The van der Waals surface area contributed by atoms with E-state index in [1.165, 1.54) is 11.6 Å². The average molecular weight is 227 g/mol. The number of nitrogens with zero attached hydrogens (tertiary/aromatic N) is 3. The van der Waals surface area contributed by atoms with E-state index in [1.807, 2.05) is 42.7 Å². The van der Waals surface area contributed by atoms with E-state index in [-0.39, 0.29) is 0 Å². The Kier molecular flexibility index (Phi) is 3.17. The Morgan fingerprint density at radius 1 is 1.35 bits per heavy atom. The maximum atomic E-state index is 10.3. The fourth-order valence-electron chi connectivity index (χ4n) is 1.76. The molecule has 0 amide bonds. The van der Waals surface area contributed by atoms with Gasteiger partial charge >= 0.3 is 0 Å². The molecule has 0 aliphatic rings. The molecule has 0 aliphatic carbocycles. The van der Waals surface area contributed by atoms with Crippen molar-refractivity contribution in [3.05, 3.63) is 36.0 Å². The summed E-state index contributed by atoms with van der Waals surface area (Å²) in [6.07, 6.45) is 3.25. The molecule has 0 aliphatic heterocycles. The number of carbonyl (C=O) groups excluding carboxylic acids is 1. The Labute approximate surface area is 99.6 Å². The van der Waals surface area contributed by atoms with Gasteiger partial charge in [-0.1, -0.05) is 29.8 Å². The van der Waals surface area contributed by atoms with Gasteiger partial charge in [-0.05, 0) is 19.4 Å². The Morgan fingerprint density at radius 3 is 2.65 bits per heavy atom. The number of benzene rings is 1. The number of aromatic nitrogens is 2. The molecule has 0 fully saturated rings. The zero-order valence-corrected chi connectivity index (χ0v) is 9.84. The van der Waals surface area contributed by atoms with Gasteiger partial charge in [0.25, 0.3) is 0 Å². The largest absolute Gasteiger partial charge is 0.308 e. The van der Waals surface area contributed by atoms with Gasteiger partial charge in [-0.2, -0.15) is 0 Å². The van der Waals surface area contributed by atoms with Crippen LogP contribution in [0.15, 0.2) is 35.5 Å². The fourth-order valence-corrected chi connectivity index (χ4v) is 1.76. The van der Waals surface area contributed by atoms with Crippen molar-refractivity contribution in [3.63, 3.8) is 0 Å². The van der Waals surface area contributed by atoms with Crippen LogP contribution in [0.3, 0.4) is 0 Å². The molecule has 0 radical (unpaired) electrons. The molecule has 2 aromatic rings. The number of aliphatic imine (C=N–C) groups is 1. The van der Waals surface area contributed by atoms with Crippen LogP contribution in [0.4, 0.5) is 5.95 Å². The normalized spacial score (nSPS) is 10.0. The molecule has 1 heterocycles. The van der Waals surface area contributed by atoms with Gasteiger partial charge in [0.2, 0.25) is 12.0 Å². The first kappa shape index (κ1) is 11.3. The van der Waals surface area contributed by atoms with Crippen molar-refractivity contribution in [1.29, 1.82) is 0 Å². The standard InChI is InChI=1S/C13H13N3O/c1-3-16-12(8-14-13(16)15-9-17)11-6-4-10(2)5-7-11/h4-8H,3H2,1-2H3. The lowest BCUT2D eigenvalue weighted by Gasteiger charge is -2.06. The van der Waals surface area contributed by atoms with Crippen molar-refractivity contribution >= 4 is 12.0 Å². The second-order valence-corrected chi connectivity index (χ2v) is 3.76. The van der Waals surface area contributed by atoms with E-state index in [0.29, 0.717) is 12.5 Å². The third kappa shape index (κ3) is 2.17. The van der Waals surface area contributed by atoms with Crippen LogP contribution in [-0.2, 0) is 11.3 Å². The molecule has 4 heteroatoms. The topological polar surface area (TPSA) is 47.2 Å². The molecule has 0 atom stereocenters. The van der Waals surface area contributed by atoms with Crippen molar-refractivity contribution < 1.29 is 4.79 Å². The molecule has 1 aromatic heterocycles. The summed E-state index contributed by atoms with van der Waals surface area (Å²) in [4.78, 5) is 18.0. The van der Waals surface area contributed by atoms with Crippen LogP contribution in [0.2, 0.25) is 0 Å². The van der Waals surface area contributed by atoms with Gasteiger partial charge in [0.05, 0.1) is 11.9 Å². The van der Waals surface area contributed by atoms with Gasteiger partial charge in [0.15, 0.2) is 0 Å². The van der Waals surface area contributed by atoms with Crippen LogP contribution in [0, 0.1) is 6.92 Å². The van der Waals surface area contributed by atoms with Crippen LogP contribution in [-0.4, -0.2) is 15.6 Å². The number of imidazole rings is 1. The average Bonchev–Trinajstić information content (AvgIpc) is 2.73. The quantitative estimate of drug-likeness (QED) is 0.598. The number of rotatable bonds is 3. The molecule has 86 valence electrons. The predicted molar refractivity (Wildman–Crippen MR) is 65.9 cm³/mol. The number of isocyanates is 1. The highest BCUT2D eigenvalue weighted by Crippen LogP contribution is 2.24. The lowest BCUT2D eigenvalue weighted by molar-refractivity contribution is 0.564. The first-order valence-electron chi connectivity index (χ1n) is 5.46. The van der Waals surface area contributed by atoms with E-state index in [1.54, 1.807) is 6.20 Å². The van der Waals surface area contributed by atoms with Gasteiger partial charge in [0.1, 0.15) is 0 Å². The van der Waals surface area contributed by atoms with Crippen molar-refractivity contribution in [2.75, 3.05) is 0 Å². The SMILES string of the molecule is CCn1c(-c2ccc(C)cc2)cnc1N=C=O. The molecule has 2 rings (SSSR count). The van der Waals surface area contributed by atoms with E-state index < -0.39 is 0 Å². The van der Waals surface area contributed by atoms with Crippen molar-refractivity contribution in [2.45, 2.75) is 20.4 Å². The zero-order chi connectivity index (χ0) is 12.3. The first-order valence-corrected chi connectivity index (χ1v) is 5.46. The maximum Gasteiger partial charge on any atom is 0.243 e. The fraction of sp³-hybridized carbons (Fsp3) is 0.231. The monoisotopic (exact) mass is 227 g/mol. The lowest BCUT2D eigenvalue weighted by Crippen LogP contribution is -1.96. The summed E-state index contributed by atoms with van der Waals surface area (Å²) in [5.74, 6) is 0.401. The van der Waals surface area contributed by atoms with E-state index >= 15 is 0 Å². The second-order valence-electron chi connectivity index (χ2n) is 3.76. The van der Waals surface area contributed by atoms with Gasteiger partial charge in [0, 0.05) is 6.54 Å². The summed E-state index contributed by atoms with van der Waals surface area (Å²) in [6.45, 7) is 4.75. The first-order chi connectivity index (χ1) is 8.26. The van der Waals surface area contributed by atoms with Crippen LogP contribution >= 0.6 is 0 Å². The number of hydrogen-bond donors (Lipinski definition) is 0. The van der Waals surface area contributed by atoms with Crippen LogP contribution in [0.25, 0.3) is 11.3 Å². The number of aryl methyl sites for hydroxylation is 1. The minimum absolute atomic E-state index is 0.401. The highest BCUT2D eigenvalue weighted by atomic mass is 16.1. The maximum absolute atomic E-state index is 10.3. The van der Waals surface area contributed by atoms with Gasteiger partial charge in [-0.25, -0.2) is 9.78 Å². The molecular weight excluding hydrogens is 214 g/mol. The molecule has 0 saturated carbocycles. The van der Waals surface area contributed by atoms with Crippen LogP contribution < -0.4 is 0 Å². The van der Waals surface area contributed by atoms with E-state index in [4.69, 9.17) is 0 Å². The molecular formula is C13H13N3O. The van der Waals surface area contributed by atoms with Crippen molar-refractivity contribution in [2.24, 2.45) is 4.99 Å². The minimum atomic E-state index is 0.401. The Hall–Kier alpha value is -2.19. The third-order valence-corrected chi connectivity index (χ3v) is 2.64.